The zero-order chi connectivity index (χ0) is 18.2. The summed E-state index contributed by atoms with van der Waals surface area (Å²) < 4.78 is 6.11. The molecular weight excluding hydrogens is 320 g/mol. The Bertz CT molecular complexity index is 850. The lowest BCUT2D eigenvalue weighted by molar-refractivity contribution is 0.306. The second-order valence-corrected chi connectivity index (χ2v) is 6.79. The van der Waals surface area contributed by atoms with E-state index in [0.717, 1.165) is 38.3 Å². The van der Waals surface area contributed by atoms with Crippen LogP contribution < -0.4 is 10.1 Å². The van der Waals surface area contributed by atoms with Gasteiger partial charge in [0.15, 0.2) is 0 Å². The van der Waals surface area contributed by atoms with E-state index in [4.69, 9.17) is 4.74 Å². The monoisotopic (exact) mass is 350 g/mol. The molecule has 0 saturated heterocycles. The minimum atomic E-state index is 0.733. The molecular formula is C23H30N2O. The summed E-state index contributed by atoms with van der Waals surface area (Å²) in [6.45, 7) is 9.01. The molecule has 2 N–H and O–H groups in total. The van der Waals surface area contributed by atoms with E-state index < -0.39 is 0 Å². The van der Waals surface area contributed by atoms with Crippen LogP contribution in [-0.4, -0.2) is 24.7 Å². The average molecular weight is 351 g/mol. The van der Waals surface area contributed by atoms with E-state index in [-0.39, 0.29) is 0 Å². The van der Waals surface area contributed by atoms with Gasteiger partial charge in [-0.2, -0.15) is 0 Å². The standard InChI is InChI=1S/C23H30N2O/c1-3-5-8-15-24-16-9-17-26-22-14-13-19-18-11-6-7-12-21(18)25-23(19)20(22)10-4-2/h4,6-7,11-14,24-25H,2-3,5,8-10,15-17H2,1H3. The van der Waals surface area contributed by atoms with Crippen molar-refractivity contribution in [2.45, 2.75) is 39.0 Å². The maximum absolute atomic E-state index is 6.11. The van der Waals surface area contributed by atoms with Crippen LogP contribution in [0.1, 0.15) is 38.2 Å². The van der Waals surface area contributed by atoms with Crippen LogP contribution in [0.5, 0.6) is 5.75 Å². The lowest BCUT2D eigenvalue weighted by atomic mass is 10.1. The van der Waals surface area contributed by atoms with Gasteiger partial charge in [0, 0.05) is 21.9 Å². The quantitative estimate of drug-likeness (QED) is 0.349. The topological polar surface area (TPSA) is 37.0 Å². The Hall–Kier alpha value is -2.26. The number of aromatic amines is 1. The molecule has 0 aliphatic heterocycles. The number of benzene rings is 2. The van der Waals surface area contributed by atoms with E-state index in [1.807, 2.05) is 6.08 Å². The molecule has 0 aliphatic rings. The summed E-state index contributed by atoms with van der Waals surface area (Å²) in [6.07, 6.45) is 7.60. The first-order chi connectivity index (χ1) is 12.8. The molecule has 138 valence electrons. The van der Waals surface area contributed by atoms with Crippen LogP contribution >= 0.6 is 0 Å². The van der Waals surface area contributed by atoms with Crippen LogP contribution in [0.15, 0.2) is 49.1 Å². The summed E-state index contributed by atoms with van der Waals surface area (Å²) in [5.74, 6) is 0.968. The number of fused-ring (bicyclic) bond motifs is 3. The molecule has 0 bridgehead atoms. The molecule has 0 spiro atoms. The van der Waals surface area contributed by atoms with Gasteiger partial charge < -0.3 is 15.0 Å². The van der Waals surface area contributed by atoms with Crippen molar-refractivity contribution in [1.29, 1.82) is 0 Å². The molecule has 1 heterocycles. The smallest absolute Gasteiger partial charge is 0.124 e. The van der Waals surface area contributed by atoms with Crippen LogP contribution in [0.25, 0.3) is 21.8 Å². The van der Waals surface area contributed by atoms with Gasteiger partial charge in [0.2, 0.25) is 0 Å². The summed E-state index contributed by atoms with van der Waals surface area (Å²) in [7, 11) is 0. The Morgan fingerprint density at radius 2 is 1.88 bits per heavy atom. The van der Waals surface area contributed by atoms with Crippen LogP contribution in [0.3, 0.4) is 0 Å². The number of allylic oxidation sites excluding steroid dienone is 1. The fraction of sp³-hybridized carbons (Fsp3) is 0.391. The van der Waals surface area contributed by atoms with Gasteiger partial charge in [-0.25, -0.2) is 0 Å². The van der Waals surface area contributed by atoms with E-state index >= 15 is 0 Å². The van der Waals surface area contributed by atoms with Crippen molar-refractivity contribution in [2.75, 3.05) is 19.7 Å². The first-order valence-electron chi connectivity index (χ1n) is 9.82. The van der Waals surface area contributed by atoms with Crippen molar-refractivity contribution >= 4 is 21.8 Å². The fourth-order valence-electron chi connectivity index (χ4n) is 3.44. The van der Waals surface area contributed by atoms with Crippen molar-refractivity contribution in [3.05, 3.63) is 54.6 Å². The van der Waals surface area contributed by atoms with Crippen LogP contribution in [-0.2, 0) is 6.42 Å². The average Bonchev–Trinajstić information content (AvgIpc) is 3.04. The molecule has 0 radical (unpaired) electrons. The highest BCUT2D eigenvalue weighted by Gasteiger charge is 2.12. The van der Waals surface area contributed by atoms with Gasteiger partial charge in [-0.15, -0.1) is 6.58 Å². The number of rotatable bonds is 11. The second kappa shape index (κ2) is 9.44. The number of hydrogen-bond donors (Lipinski definition) is 2. The molecule has 26 heavy (non-hydrogen) atoms. The van der Waals surface area contributed by atoms with Crippen molar-refractivity contribution in [1.82, 2.24) is 10.3 Å². The van der Waals surface area contributed by atoms with Gasteiger partial charge >= 0.3 is 0 Å². The summed E-state index contributed by atoms with van der Waals surface area (Å²) in [5.41, 5.74) is 3.53. The van der Waals surface area contributed by atoms with Gasteiger partial charge in [-0.05, 0) is 50.6 Å². The number of hydrogen-bond acceptors (Lipinski definition) is 2. The SMILES string of the molecule is C=CCc1c(OCCCNCCCCC)ccc2c1[nH]c1ccccc12. The van der Waals surface area contributed by atoms with Gasteiger partial charge in [0.05, 0.1) is 12.1 Å². The Kier molecular flexibility index (Phi) is 6.73. The third-order valence-electron chi connectivity index (χ3n) is 4.81. The van der Waals surface area contributed by atoms with Crippen molar-refractivity contribution in [3.8, 4) is 5.75 Å². The molecule has 0 amide bonds. The summed E-state index contributed by atoms with van der Waals surface area (Å²) in [5, 5.41) is 6.00. The lowest BCUT2D eigenvalue weighted by Gasteiger charge is -2.12. The number of para-hydroxylation sites is 1. The zero-order valence-corrected chi connectivity index (χ0v) is 15.8. The molecule has 2 aromatic carbocycles. The third-order valence-corrected chi connectivity index (χ3v) is 4.81. The maximum atomic E-state index is 6.11. The maximum Gasteiger partial charge on any atom is 0.124 e. The first-order valence-corrected chi connectivity index (χ1v) is 9.82. The molecule has 1 aromatic heterocycles. The molecule has 3 rings (SSSR count). The van der Waals surface area contributed by atoms with E-state index in [2.05, 4.69) is 60.2 Å². The molecule has 0 unspecified atom stereocenters. The minimum absolute atomic E-state index is 0.733. The first kappa shape index (κ1) is 18.5. The van der Waals surface area contributed by atoms with Crippen LogP contribution in [0.2, 0.25) is 0 Å². The molecule has 0 saturated carbocycles. The number of nitrogens with one attached hydrogen (secondary N) is 2. The molecule has 3 heteroatoms. The highest BCUT2D eigenvalue weighted by atomic mass is 16.5. The number of aromatic nitrogens is 1. The predicted molar refractivity (Wildman–Crippen MR) is 112 cm³/mol. The van der Waals surface area contributed by atoms with Gasteiger partial charge in [-0.3, -0.25) is 0 Å². The van der Waals surface area contributed by atoms with Crippen molar-refractivity contribution in [3.63, 3.8) is 0 Å². The highest BCUT2D eigenvalue weighted by Crippen LogP contribution is 2.33. The van der Waals surface area contributed by atoms with Crippen LogP contribution in [0.4, 0.5) is 0 Å². The van der Waals surface area contributed by atoms with E-state index in [1.165, 1.54) is 46.6 Å². The predicted octanol–water partition coefficient (Wildman–Crippen LogP) is 5.60. The zero-order valence-electron chi connectivity index (χ0n) is 15.8. The molecule has 3 aromatic rings. The lowest BCUT2D eigenvalue weighted by Crippen LogP contribution is -2.18. The molecule has 3 nitrogen and oxygen atoms in total. The molecule has 0 fully saturated rings. The molecule has 0 atom stereocenters. The number of H-pyrrole nitrogens is 1. The Morgan fingerprint density at radius 3 is 2.73 bits per heavy atom. The van der Waals surface area contributed by atoms with Crippen molar-refractivity contribution < 1.29 is 4.74 Å². The summed E-state index contributed by atoms with van der Waals surface area (Å²) in [4.78, 5) is 3.56. The highest BCUT2D eigenvalue weighted by molar-refractivity contribution is 6.08. The second-order valence-electron chi connectivity index (χ2n) is 6.79. The Balaban J connectivity index is 1.67. The Morgan fingerprint density at radius 1 is 1.04 bits per heavy atom. The third kappa shape index (κ3) is 4.28. The summed E-state index contributed by atoms with van der Waals surface area (Å²) >= 11 is 0. The van der Waals surface area contributed by atoms with Gasteiger partial charge in [0.25, 0.3) is 0 Å². The van der Waals surface area contributed by atoms with Gasteiger partial charge in [-0.1, -0.05) is 44.0 Å². The Labute approximate surface area is 156 Å². The van der Waals surface area contributed by atoms with Crippen LogP contribution in [0, 0.1) is 0 Å². The fourth-order valence-corrected chi connectivity index (χ4v) is 3.44. The largest absolute Gasteiger partial charge is 0.493 e. The van der Waals surface area contributed by atoms with E-state index in [1.54, 1.807) is 0 Å². The van der Waals surface area contributed by atoms with Crippen molar-refractivity contribution in [2.24, 2.45) is 0 Å². The number of ether oxygens (including phenoxy) is 1. The van der Waals surface area contributed by atoms with E-state index in [0.29, 0.717) is 0 Å². The van der Waals surface area contributed by atoms with E-state index in [9.17, 15) is 0 Å². The normalized spacial score (nSPS) is 11.3. The van der Waals surface area contributed by atoms with Gasteiger partial charge in [0.1, 0.15) is 5.75 Å². The number of unbranched alkanes of at least 4 members (excludes halogenated alkanes) is 2. The minimum Gasteiger partial charge on any atom is -0.493 e. The summed E-state index contributed by atoms with van der Waals surface area (Å²) in [6, 6.07) is 12.7. The molecule has 0 aliphatic carbocycles.